The fourth-order valence-corrected chi connectivity index (χ4v) is 0. The molecule has 0 aromatic heterocycles. The molecule has 0 aliphatic rings. The summed E-state index contributed by atoms with van der Waals surface area (Å²) in [5.41, 5.74) is 0. The molecule has 0 atom stereocenters. The van der Waals surface area contributed by atoms with Gasteiger partial charge in [-0.3, -0.25) is 0 Å². The molecule has 0 amide bonds. The van der Waals surface area contributed by atoms with Gasteiger partial charge in [0.2, 0.25) is 0 Å². The van der Waals surface area contributed by atoms with Crippen LogP contribution in [0.2, 0.25) is 5.32 Å². The van der Waals surface area contributed by atoms with Crippen LogP contribution < -0.4 is 0 Å². The second-order valence-corrected chi connectivity index (χ2v) is 1.66. The van der Waals surface area contributed by atoms with Gasteiger partial charge < -0.3 is 0 Å². The summed E-state index contributed by atoms with van der Waals surface area (Å²) in [5.74, 6) is 0. The quantitative estimate of drug-likeness (QED) is 0.450. The number of hydrogen-bond acceptors (Lipinski definition) is 0. The van der Waals surface area contributed by atoms with Crippen LogP contribution in [0.25, 0.3) is 0 Å². The van der Waals surface area contributed by atoms with Gasteiger partial charge in [0.1, 0.15) is 0 Å². The molecule has 0 unspecified atom stereocenters. The van der Waals surface area contributed by atoms with Gasteiger partial charge >= 0.3 is 34.7 Å². The van der Waals surface area contributed by atoms with Crippen LogP contribution in [0.5, 0.6) is 0 Å². The molecule has 0 N–H and O–H groups in total. The summed E-state index contributed by atoms with van der Waals surface area (Å²) in [7, 11) is 0. The standard InChI is InChI=1S/C3H8Se/c1-2-3-4/h4H,2-3H2,1H3. The van der Waals surface area contributed by atoms with E-state index in [0.717, 1.165) is 0 Å². The topological polar surface area (TPSA) is 0 Å². The molecule has 0 heterocycles. The Bertz CT molecular complexity index is 5.25. The molecule has 0 nitrogen and oxygen atoms in total. The Morgan fingerprint density at radius 2 is 2.00 bits per heavy atom. The predicted octanol–water partition coefficient (Wildman–Crippen LogP) is 0.716. The van der Waals surface area contributed by atoms with Crippen molar-refractivity contribution in [3.8, 4) is 0 Å². The van der Waals surface area contributed by atoms with Gasteiger partial charge in [-0.15, -0.1) is 0 Å². The maximum atomic E-state index is 2.54. The summed E-state index contributed by atoms with van der Waals surface area (Å²) in [6.45, 7) is 2.16. The molecule has 0 saturated heterocycles. The minimum absolute atomic E-state index is 1.26. The molecule has 0 aromatic rings. The van der Waals surface area contributed by atoms with Gasteiger partial charge in [0.25, 0.3) is 0 Å². The van der Waals surface area contributed by atoms with Gasteiger partial charge in [0.05, 0.1) is 0 Å². The van der Waals surface area contributed by atoms with Crippen molar-refractivity contribution in [1.29, 1.82) is 0 Å². The first-order valence-electron chi connectivity index (χ1n) is 1.52. The van der Waals surface area contributed by atoms with Crippen molar-refractivity contribution in [2.24, 2.45) is 0 Å². The van der Waals surface area contributed by atoms with Crippen LogP contribution >= 0.6 is 0 Å². The van der Waals surface area contributed by atoms with Crippen LogP contribution in [0.3, 0.4) is 0 Å². The van der Waals surface area contributed by atoms with E-state index in [1.54, 1.807) is 0 Å². The molecule has 0 rings (SSSR count). The summed E-state index contributed by atoms with van der Waals surface area (Å²) in [5, 5.41) is 1.26. The van der Waals surface area contributed by atoms with Crippen molar-refractivity contribution < 1.29 is 0 Å². The summed E-state index contributed by atoms with van der Waals surface area (Å²) in [6, 6.07) is 0. The Morgan fingerprint density at radius 1 is 1.75 bits per heavy atom. The van der Waals surface area contributed by atoms with Crippen LogP contribution in [-0.2, 0) is 0 Å². The molecule has 0 radical (unpaired) electrons. The van der Waals surface area contributed by atoms with Crippen molar-refractivity contribution in [3.05, 3.63) is 0 Å². The van der Waals surface area contributed by atoms with Crippen molar-refractivity contribution in [2.45, 2.75) is 18.7 Å². The van der Waals surface area contributed by atoms with E-state index in [1.807, 2.05) is 0 Å². The van der Waals surface area contributed by atoms with Crippen LogP contribution in [0, 0.1) is 0 Å². The van der Waals surface area contributed by atoms with Crippen LogP contribution in [0.1, 0.15) is 13.3 Å². The average Bonchev–Trinajstić information content (AvgIpc) is 1.37. The summed E-state index contributed by atoms with van der Waals surface area (Å²) in [6.07, 6.45) is 1.29. The third-order valence-electron chi connectivity index (χ3n) is 0.224. The molecule has 4 heavy (non-hydrogen) atoms. The van der Waals surface area contributed by atoms with Gasteiger partial charge in [-0.1, -0.05) is 0 Å². The van der Waals surface area contributed by atoms with E-state index in [1.165, 1.54) is 11.7 Å². The normalized spacial score (nSPS) is 7.50. The molecule has 0 aliphatic carbocycles. The van der Waals surface area contributed by atoms with E-state index in [0.29, 0.717) is 0 Å². The molecule has 0 fully saturated rings. The summed E-state index contributed by atoms with van der Waals surface area (Å²) in [4.78, 5) is 0. The van der Waals surface area contributed by atoms with Crippen molar-refractivity contribution in [3.63, 3.8) is 0 Å². The van der Waals surface area contributed by atoms with E-state index >= 15 is 0 Å². The Hall–Kier alpha value is 0.519. The Labute approximate surface area is 35.4 Å². The fraction of sp³-hybridized carbons (Fsp3) is 1.00. The number of rotatable bonds is 1. The first-order chi connectivity index (χ1) is 1.91. The van der Waals surface area contributed by atoms with Gasteiger partial charge in [-0.25, -0.2) is 0 Å². The van der Waals surface area contributed by atoms with Crippen molar-refractivity contribution in [1.82, 2.24) is 0 Å². The zero-order chi connectivity index (χ0) is 3.41. The first kappa shape index (κ1) is 4.52. The molecule has 0 aliphatic heterocycles. The van der Waals surface area contributed by atoms with E-state index in [9.17, 15) is 0 Å². The zero-order valence-electron chi connectivity index (χ0n) is 2.86. The van der Waals surface area contributed by atoms with E-state index in [-0.39, 0.29) is 0 Å². The fourth-order valence-electron chi connectivity index (χ4n) is 0. The number of hydrogen-bond donors (Lipinski definition) is 0. The SMILES string of the molecule is CCC[SeH]. The molecular formula is C3H8Se. The summed E-state index contributed by atoms with van der Waals surface area (Å²) >= 11 is 2.54. The summed E-state index contributed by atoms with van der Waals surface area (Å²) < 4.78 is 0. The Morgan fingerprint density at radius 3 is 2.00 bits per heavy atom. The van der Waals surface area contributed by atoms with Crippen LogP contribution in [-0.4, -0.2) is 16.0 Å². The monoisotopic (exact) mass is 124 g/mol. The third-order valence-corrected chi connectivity index (χ3v) is 1.16. The molecule has 26 valence electrons. The van der Waals surface area contributed by atoms with Crippen LogP contribution in [0.15, 0.2) is 0 Å². The zero-order valence-corrected chi connectivity index (χ0v) is 4.74. The Balaban J connectivity index is 1.97. The van der Waals surface area contributed by atoms with Crippen molar-refractivity contribution in [2.75, 3.05) is 0 Å². The van der Waals surface area contributed by atoms with Gasteiger partial charge in [-0.2, -0.15) is 0 Å². The molecule has 0 bridgehead atoms. The van der Waals surface area contributed by atoms with E-state index in [2.05, 4.69) is 22.9 Å². The van der Waals surface area contributed by atoms with Crippen molar-refractivity contribution >= 4 is 16.0 Å². The van der Waals surface area contributed by atoms with Gasteiger partial charge in [-0.05, 0) is 0 Å². The Kier molecular flexibility index (Phi) is 3.98. The molecular weight excluding hydrogens is 115 g/mol. The molecule has 0 spiro atoms. The van der Waals surface area contributed by atoms with Gasteiger partial charge in [0.15, 0.2) is 0 Å². The van der Waals surface area contributed by atoms with E-state index in [4.69, 9.17) is 0 Å². The van der Waals surface area contributed by atoms with Crippen LogP contribution in [0.4, 0.5) is 0 Å². The second kappa shape index (κ2) is 3.52. The van der Waals surface area contributed by atoms with Gasteiger partial charge in [0, 0.05) is 0 Å². The molecule has 0 saturated carbocycles. The molecule has 1 heteroatoms. The molecule has 0 aromatic carbocycles. The minimum atomic E-state index is 1.26. The maximum absolute atomic E-state index is 2.54. The third kappa shape index (κ3) is 2.52. The predicted molar refractivity (Wildman–Crippen MR) is 22.2 cm³/mol. The van der Waals surface area contributed by atoms with E-state index < -0.39 is 0 Å². The second-order valence-electron chi connectivity index (χ2n) is 0.724. The first-order valence-corrected chi connectivity index (χ1v) is 2.85. The average molecular weight is 123 g/mol.